The third kappa shape index (κ3) is 4.63. The molecule has 0 bridgehead atoms. The molecule has 3 atom stereocenters. The molecule has 2 heterocycles. The second-order valence-corrected chi connectivity index (χ2v) is 9.33. The van der Waals surface area contributed by atoms with Crippen LogP contribution in [0.4, 0.5) is 0 Å². The second-order valence-electron chi connectivity index (χ2n) is 9.33. The van der Waals surface area contributed by atoms with Crippen LogP contribution in [0.15, 0.2) is 59.7 Å². The SMILES string of the molecule is C=CCN1CC[C@@]2(c3cccc(OC)c3)C[C@@H](NC(=O)/C=C/c3ccoc3C)CC[C@]2(O)C1. The van der Waals surface area contributed by atoms with E-state index in [2.05, 4.69) is 22.9 Å². The Labute approximate surface area is 195 Å². The molecule has 0 unspecified atom stereocenters. The van der Waals surface area contributed by atoms with E-state index >= 15 is 0 Å². The van der Waals surface area contributed by atoms with Crippen molar-refractivity contribution in [3.05, 3.63) is 72.2 Å². The minimum absolute atomic E-state index is 0.0231. The number of nitrogens with one attached hydrogen (secondary N) is 1. The quantitative estimate of drug-likeness (QED) is 0.495. The van der Waals surface area contributed by atoms with E-state index in [1.54, 1.807) is 25.5 Å². The Hall–Kier alpha value is -2.83. The van der Waals surface area contributed by atoms with Crippen LogP contribution in [0.5, 0.6) is 5.75 Å². The van der Waals surface area contributed by atoms with Crippen molar-refractivity contribution in [3.63, 3.8) is 0 Å². The zero-order valence-electron chi connectivity index (χ0n) is 19.5. The summed E-state index contributed by atoms with van der Waals surface area (Å²) in [6, 6.07) is 9.86. The number of aryl methyl sites for hydroxylation is 1. The van der Waals surface area contributed by atoms with Crippen LogP contribution >= 0.6 is 0 Å². The lowest BCUT2D eigenvalue weighted by Crippen LogP contribution is -2.67. The second kappa shape index (κ2) is 9.57. The predicted octanol–water partition coefficient (Wildman–Crippen LogP) is 3.84. The molecule has 6 nitrogen and oxygen atoms in total. The number of β-amino-alcohol motifs (C(OH)–C–C–N with tert-alkyl or cyclic N) is 1. The van der Waals surface area contributed by atoms with E-state index in [-0.39, 0.29) is 11.9 Å². The summed E-state index contributed by atoms with van der Waals surface area (Å²) < 4.78 is 10.8. The Morgan fingerprint density at radius 3 is 2.97 bits per heavy atom. The average Bonchev–Trinajstić information content (AvgIpc) is 3.22. The summed E-state index contributed by atoms with van der Waals surface area (Å²) in [4.78, 5) is 15.0. The summed E-state index contributed by atoms with van der Waals surface area (Å²) in [5.41, 5.74) is 0.628. The van der Waals surface area contributed by atoms with Gasteiger partial charge in [-0.3, -0.25) is 9.69 Å². The number of furan rings is 1. The summed E-state index contributed by atoms with van der Waals surface area (Å²) in [5.74, 6) is 1.43. The number of carbonyl (C=O) groups excluding carboxylic acids is 1. The third-order valence-electron chi connectivity index (χ3n) is 7.40. The maximum Gasteiger partial charge on any atom is 0.244 e. The van der Waals surface area contributed by atoms with Crippen molar-refractivity contribution in [1.82, 2.24) is 10.2 Å². The molecule has 1 aromatic carbocycles. The average molecular weight is 451 g/mol. The van der Waals surface area contributed by atoms with Crippen molar-refractivity contribution < 1.29 is 19.1 Å². The molecule has 176 valence electrons. The summed E-state index contributed by atoms with van der Waals surface area (Å²) in [7, 11) is 1.66. The zero-order chi connectivity index (χ0) is 23.5. The minimum Gasteiger partial charge on any atom is -0.497 e. The molecule has 33 heavy (non-hydrogen) atoms. The van der Waals surface area contributed by atoms with E-state index in [0.29, 0.717) is 19.4 Å². The summed E-state index contributed by atoms with van der Waals surface area (Å²) in [6.45, 7) is 7.96. The first-order valence-electron chi connectivity index (χ1n) is 11.6. The number of hydrogen-bond acceptors (Lipinski definition) is 5. The zero-order valence-corrected chi connectivity index (χ0v) is 19.5. The van der Waals surface area contributed by atoms with Crippen molar-refractivity contribution in [1.29, 1.82) is 0 Å². The monoisotopic (exact) mass is 450 g/mol. The van der Waals surface area contributed by atoms with Crippen molar-refractivity contribution in [3.8, 4) is 5.75 Å². The topological polar surface area (TPSA) is 74.9 Å². The molecule has 1 aliphatic heterocycles. The number of benzene rings is 1. The van der Waals surface area contributed by atoms with Gasteiger partial charge in [-0.05, 0) is 69.0 Å². The normalized spacial score (nSPS) is 27.8. The molecule has 2 N–H and O–H groups in total. The Morgan fingerprint density at radius 2 is 2.24 bits per heavy atom. The van der Waals surface area contributed by atoms with Gasteiger partial charge in [0.25, 0.3) is 0 Å². The maximum absolute atomic E-state index is 12.7. The Morgan fingerprint density at radius 1 is 1.39 bits per heavy atom. The third-order valence-corrected chi connectivity index (χ3v) is 7.40. The molecular formula is C27H34N2O4. The highest BCUT2D eigenvalue weighted by molar-refractivity contribution is 5.92. The van der Waals surface area contributed by atoms with Crippen LogP contribution < -0.4 is 10.1 Å². The molecular weight excluding hydrogens is 416 g/mol. The van der Waals surface area contributed by atoms with E-state index in [1.165, 1.54) is 0 Å². The van der Waals surface area contributed by atoms with Crippen LogP contribution in [-0.4, -0.2) is 54.3 Å². The molecule has 1 saturated heterocycles. The summed E-state index contributed by atoms with van der Waals surface area (Å²) in [6.07, 6.45) is 9.68. The van der Waals surface area contributed by atoms with E-state index in [4.69, 9.17) is 9.15 Å². The van der Waals surface area contributed by atoms with E-state index in [9.17, 15) is 9.90 Å². The van der Waals surface area contributed by atoms with Gasteiger partial charge in [-0.1, -0.05) is 18.2 Å². The molecule has 2 aliphatic rings. The van der Waals surface area contributed by atoms with Crippen LogP contribution in [-0.2, 0) is 10.2 Å². The first kappa shape index (κ1) is 23.3. The van der Waals surface area contributed by atoms with Gasteiger partial charge in [0.1, 0.15) is 11.5 Å². The van der Waals surface area contributed by atoms with Crippen molar-refractivity contribution in [2.45, 2.75) is 49.7 Å². The highest BCUT2D eigenvalue weighted by Gasteiger charge is 2.57. The fourth-order valence-corrected chi connectivity index (χ4v) is 5.62. The van der Waals surface area contributed by atoms with E-state index in [0.717, 1.165) is 48.6 Å². The van der Waals surface area contributed by atoms with Crippen LogP contribution in [0.1, 0.15) is 42.6 Å². The van der Waals surface area contributed by atoms with Gasteiger partial charge in [0.15, 0.2) is 0 Å². The van der Waals surface area contributed by atoms with Crippen LogP contribution in [0, 0.1) is 6.92 Å². The van der Waals surface area contributed by atoms with E-state index < -0.39 is 11.0 Å². The van der Waals surface area contributed by atoms with E-state index in [1.807, 2.05) is 37.3 Å². The highest BCUT2D eigenvalue weighted by atomic mass is 16.5. The lowest BCUT2D eigenvalue weighted by molar-refractivity contribution is -0.130. The highest BCUT2D eigenvalue weighted by Crippen LogP contribution is 2.52. The molecule has 1 saturated carbocycles. The number of aliphatic hydroxyl groups is 1. The van der Waals surface area contributed by atoms with Gasteiger partial charge in [-0.2, -0.15) is 0 Å². The molecule has 1 aromatic heterocycles. The Kier molecular flexibility index (Phi) is 6.77. The molecule has 6 heteroatoms. The molecule has 1 amide bonds. The Bertz CT molecular complexity index is 1030. The lowest BCUT2D eigenvalue weighted by atomic mass is 9.55. The predicted molar refractivity (Wildman–Crippen MR) is 129 cm³/mol. The van der Waals surface area contributed by atoms with Gasteiger partial charge in [-0.15, -0.1) is 6.58 Å². The molecule has 2 aromatic rings. The van der Waals surface area contributed by atoms with Gasteiger partial charge >= 0.3 is 0 Å². The maximum atomic E-state index is 12.7. The lowest BCUT2D eigenvalue weighted by Gasteiger charge is -2.58. The minimum atomic E-state index is -0.883. The van der Waals surface area contributed by atoms with Crippen molar-refractivity contribution in [2.75, 3.05) is 26.7 Å². The molecule has 2 fully saturated rings. The number of carbonyl (C=O) groups is 1. The largest absolute Gasteiger partial charge is 0.497 e. The van der Waals surface area contributed by atoms with Crippen molar-refractivity contribution in [2.24, 2.45) is 0 Å². The van der Waals surface area contributed by atoms with Crippen LogP contribution in [0.3, 0.4) is 0 Å². The Balaban J connectivity index is 1.58. The van der Waals surface area contributed by atoms with Gasteiger partial charge in [0, 0.05) is 36.2 Å². The fourth-order valence-electron chi connectivity index (χ4n) is 5.62. The van der Waals surface area contributed by atoms with Gasteiger partial charge in [-0.25, -0.2) is 0 Å². The standard InChI is InChI=1S/C27H34N2O4/c1-4-14-29-15-13-26(22-6-5-7-24(17-22)32-3)18-23(10-12-27(26,31)19-29)28-25(30)9-8-21-11-16-33-20(21)2/h4-9,11,16-17,23,31H,1,10,12-15,18-19H2,2-3H3,(H,28,30)/b9-8+/t23-,26-,27-/m0/s1. The number of amides is 1. The fraction of sp³-hybridized carbons (Fsp3) is 0.444. The number of nitrogens with zero attached hydrogens (tertiary/aromatic N) is 1. The number of methoxy groups -OCH3 is 1. The molecule has 1 aliphatic carbocycles. The first-order valence-corrected chi connectivity index (χ1v) is 11.6. The summed E-state index contributed by atoms with van der Waals surface area (Å²) in [5, 5.41) is 15.2. The number of hydrogen-bond donors (Lipinski definition) is 2. The summed E-state index contributed by atoms with van der Waals surface area (Å²) >= 11 is 0. The molecule has 0 radical (unpaired) electrons. The van der Waals surface area contributed by atoms with Crippen LogP contribution in [0.25, 0.3) is 6.08 Å². The number of likely N-dealkylation sites (tertiary alicyclic amines) is 1. The van der Waals surface area contributed by atoms with Gasteiger partial charge < -0.3 is 19.6 Å². The first-order chi connectivity index (χ1) is 15.9. The molecule has 4 rings (SSSR count). The van der Waals surface area contributed by atoms with Gasteiger partial charge in [0.2, 0.25) is 5.91 Å². The number of fused-ring (bicyclic) bond motifs is 1. The van der Waals surface area contributed by atoms with Crippen LogP contribution in [0.2, 0.25) is 0 Å². The smallest absolute Gasteiger partial charge is 0.244 e. The van der Waals surface area contributed by atoms with Crippen molar-refractivity contribution >= 4 is 12.0 Å². The number of rotatable bonds is 7. The molecule has 0 spiro atoms. The number of ether oxygens (including phenoxy) is 1. The van der Waals surface area contributed by atoms with Gasteiger partial charge in [0.05, 0.1) is 19.0 Å². The number of piperidine rings is 1.